The smallest absolute Gasteiger partial charge is 0.238 e. The van der Waals surface area contributed by atoms with E-state index in [0.29, 0.717) is 18.8 Å². The molecule has 0 spiro atoms. The lowest BCUT2D eigenvalue weighted by Gasteiger charge is -2.30. The van der Waals surface area contributed by atoms with Gasteiger partial charge in [-0.05, 0) is 42.8 Å². The Bertz CT molecular complexity index is 809. The van der Waals surface area contributed by atoms with Gasteiger partial charge in [-0.2, -0.15) is 0 Å². The van der Waals surface area contributed by atoms with Gasteiger partial charge in [0.15, 0.2) is 0 Å². The van der Waals surface area contributed by atoms with Crippen LogP contribution in [0.5, 0.6) is 0 Å². The molecular weight excluding hydrogens is 333 g/mol. The maximum absolute atomic E-state index is 13.2. The van der Waals surface area contributed by atoms with Crippen molar-refractivity contribution < 1.29 is 14.0 Å². The van der Waals surface area contributed by atoms with Crippen LogP contribution in [0.4, 0.5) is 10.1 Å². The molecule has 2 amide bonds. The second-order valence-electron chi connectivity index (χ2n) is 6.56. The highest BCUT2D eigenvalue weighted by atomic mass is 19.1. The van der Waals surface area contributed by atoms with Gasteiger partial charge in [0.1, 0.15) is 5.82 Å². The molecule has 1 heterocycles. The first-order valence-corrected chi connectivity index (χ1v) is 8.60. The molecule has 0 atom stereocenters. The van der Waals surface area contributed by atoms with Crippen molar-refractivity contribution in [3.05, 3.63) is 65.5 Å². The van der Waals surface area contributed by atoms with Crippen LogP contribution in [0, 0.1) is 5.82 Å². The van der Waals surface area contributed by atoms with Crippen LogP contribution in [-0.4, -0.2) is 48.3 Å². The molecule has 26 heavy (non-hydrogen) atoms. The Morgan fingerprint density at radius 1 is 1.12 bits per heavy atom. The molecule has 1 aliphatic heterocycles. The van der Waals surface area contributed by atoms with Gasteiger partial charge < -0.3 is 10.2 Å². The van der Waals surface area contributed by atoms with Gasteiger partial charge >= 0.3 is 0 Å². The summed E-state index contributed by atoms with van der Waals surface area (Å²) in [6.07, 6.45) is 0.853. The Kier molecular flexibility index (Phi) is 5.63. The third-order valence-corrected chi connectivity index (χ3v) is 4.41. The van der Waals surface area contributed by atoms with Crippen LogP contribution >= 0.6 is 0 Å². The van der Waals surface area contributed by atoms with E-state index in [1.165, 1.54) is 29.3 Å². The van der Waals surface area contributed by atoms with Crippen LogP contribution < -0.4 is 5.32 Å². The van der Waals surface area contributed by atoms with Crippen LogP contribution in [0.15, 0.2) is 48.5 Å². The minimum atomic E-state index is -0.406. The molecule has 3 rings (SSSR count). The molecule has 5 nitrogen and oxygen atoms in total. The predicted octanol–water partition coefficient (Wildman–Crippen LogP) is 2.28. The van der Waals surface area contributed by atoms with E-state index in [9.17, 15) is 14.0 Å². The number of rotatable bonds is 5. The average molecular weight is 355 g/mol. The molecule has 0 aliphatic carbocycles. The summed E-state index contributed by atoms with van der Waals surface area (Å²) in [6.45, 7) is 1.53. The Hall–Kier alpha value is -2.73. The van der Waals surface area contributed by atoms with Crippen LogP contribution in [0.3, 0.4) is 0 Å². The van der Waals surface area contributed by atoms with E-state index in [1.54, 1.807) is 18.0 Å². The number of benzene rings is 2. The second-order valence-corrected chi connectivity index (χ2v) is 6.56. The van der Waals surface area contributed by atoms with Gasteiger partial charge in [0, 0.05) is 18.8 Å². The predicted molar refractivity (Wildman–Crippen MR) is 98.1 cm³/mol. The van der Waals surface area contributed by atoms with E-state index >= 15 is 0 Å². The third-order valence-electron chi connectivity index (χ3n) is 4.41. The zero-order chi connectivity index (χ0) is 18.5. The summed E-state index contributed by atoms with van der Waals surface area (Å²) < 4.78 is 13.2. The summed E-state index contributed by atoms with van der Waals surface area (Å²) >= 11 is 0. The number of fused-ring (bicyclic) bond motifs is 1. The maximum Gasteiger partial charge on any atom is 0.238 e. The number of amides is 2. The minimum absolute atomic E-state index is 0.000517. The molecule has 136 valence electrons. The number of carbonyl (C=O) groups is 2. The first kappa shape index (κ1) is 18.1. The Labute approximate surface area is 152 Å². The fraction of sp³-hybridized carbons (Fsp3) is 0.300. The van der Waals surface area contributed by atoms with Gasteiger partial charge in [0.05, 0.1) is 13.1 Å². The monoisotopic (exact) mass is 355 g/mol. The molecule has 0 radical (unpaired) electrons. The number of hydrogen-bond donors (Lipinski definition) is 1. The van der Waals surface area contributed by atoms with Gasteiger partial charge in [-0.15, -0.1) is 0 Å². The van der Waals surface area contributed by atoms with Crippen molar-refractivity contribution in [1.82, 2.24) is 9.80 Å². The first-order valence-electron chi connectivity index (χ1n) is 8.60. The fourth-order valence-corrected chi connectivity index (χ4v) is 3.11. The van der Waals surface area contributed by atoms with E-state index in [0.717, 1.165) is 6.42 Å². The Morgan fingerprint density at radius 3 is 2.65 bits per heavy atom. The van der Waals surface area contributed by atoms with Crippen LogP contribution in [-0.2, 0) is 22.6 Å². The lowest BCUT2D eigenvalue weighted by atomic mass is 10.00. The van der Waals surface area contributed by atoms with Gasteiger partial charge in [-0.25, -0.2) is 4.39 Å². The Balaban J connectivity index is 1.49. The van der Waals surface area contributed by atoms with Crippen LogP contribution in [0.2, 0.25) is 0 Å². The van der Waals surface area contributed by atoms with E-state index in [1.807, 2.05) is 23.1 Å². The van der Waals surface area contributed by atoms with Crippen LogP contribution in [0.25, 0.3) is 0 Å². The summed E-state index contributed by atoms with van der Waals surface area (Å²) in [4.78, 5) is 28.0. The highest BCUT2D eigenvalue weighted by Gasteiger charge is 2.21. The zero-order valence-corrected chi connectivity index (χ0v) is 14.7. The van der Waals surface area contributed by atoms with Crippen molar-refractivity contribution in [2.45, 2.75) is 13.0 Å². The Morgan fingerprint density at radius 2 is 1.88 bits per heavy atom. The SMILES string of the molecule is CN(CC(=O)Nc1cccc(F)c1)CC(=O)N1CCc2ccccc2C1. The molecule has 0 aromatic heterocycles. The molecule has 0 bridgehead atoms. The highest BCUT2D eigenvalue weighted by molar-refractivity contribution is 5.92. The largest absolute Gasteiger partial charge is 0.337 e. The summed E-state index contributed by atoms with van der Waals surface area (Å²) in [7, 11) is 1.72. The minimum Gasteiger partial charge on any atom is -0.337 e. The van der Waals surface area contributed by atoms with Crippen molar-refractivity contribution in [3.8, 4) is 0 Å². The molecule has 1 N–H and O–H groups in total. The quantitative estimate of drug-likeness (QED) is 0.895. The summed E-state index contributed by atoms with van der Waals surface area (Å²) in [5, 5.41) is 2.63. The first-order chi connectivity index (χ1) is 12.5. The number of anilines is 1. The summed E-state index contributed by atoms with van der Waals surface area (Å²) in [5.41, 5.74) is 2.88. The van der Waals surface area contributed by atoms with E-state index in [-0.39, 0.29) is 24.9 Å². The maximum atomic E-state index is 13.2. The molecule has 6 heteroatoms. The average Bonchev–Trinajstić information content (AvgIpc) is 2.61. The standard InChI is InChI=1S/C20H22FN3O2/c1-23(13-19(25)22-18-8-4-7-17(21)11-18)14-20(26)24-10-9-15-5-2-3-6-16(15)12-24/h2-8,11H,9-10,12-14H2,1H3,(H,22,25). The lowest BCUT2D eigenvalue weighted by Crippen LogP contribution is -2.43. The number of carbonyl (C=O) groups excluding carboxylic acids is 2. The van der Waals surface area contributed by atoms with Gasteiger partial charge in [0.2, 0.25) is 11.8 Å². The molecular formula is C20H22FN3O2. The number of nitrogens with one attached hydrogen (secondary N) is 1. The molecule has 0 saturated carbocycles. The van der Waals surface area contributed by atoms with E-state index < -0.39 is 5.82 Å². The molecule has 2 aromatic carbocycles. The summed E-state index contributed by atoms with van der Waals surface area (Å²) in [6, 6.07) is 13.9. The van der Waals surface area contributed by atoms with E-state index in [4.69, 9.17) is 0 Å². The highest BCUT2D eigenvalue weighted by Crippen LogP contribution is 2.18. The van der Waals surface area contributed by atoms with Gasteiger partial charge in [-0.1, -0.05) is 30.3 Å². The van der Waals surface area contributed by atoms with Crippen molar-refractivity contribution in [1.29, 1.82) is 0 Å². The van der Waals surface area contributed by atoms with Crippen molar-refractivity contribution in [2.75, 3.05) is 32.0 Å². The lowest BCUT2D eigenvalue weighted by molar-refractivity contribution is -0.133. The number of nitrogens with zero attached hydrogens (tertiary/aromatic N) is 2. The second kappa shape index (κ2) is 8.10. The van der Waals surface area contributed by atoms with Crippen LogP contribution in [0.1, 0.15) is 11.1 Å². The zero-order valence-electron chi connectivity index (χ0n) is 14.7. The third kappa shape index (κ3) is 4.67. The molecule has 2 aromatic rings. The summed E-state index contributed by atoms with van der Waals surface area (Å²) in [5.74, 6) is -0.688. The van der Waals surface area contributed by atoms with Gasteiger partial charge in [-0.3, -0.25) is 14.5 Å². The molecule has 0 unspecified atom stereocenters. The van der Waals surface area contributed by atoms with E-state index in [2.05, 4.69) is 11.4 Å². The molecule has 0 saturated heterocycles. The van der Waals surface area contributed by atoms with Crippen molar-refractivity contribution in [2.24, 2.45) is 0 Å². The number of halogens is 1. The number of likely N-dealkylation sites (N-methyl/N-ethyl adjacent to an activating group) is 1. The number of hydrogen-bond acceptors (Lipinski definition) is 3. The molecule has 1 aliphatic rings. The fourth-order valence-electron chi connectivity index (χ4n) is 3.11. The van der Waals surface area contributed by atoms with Crippen molar-refractivity contribution >= 4 is 17.5 Å². The van der Waals surface area contributed by atoms with Crippen molar-refractivity contribution in [3.63, 3.8) is 0 Å². The van der Waals surface area contributed by atoms with Gasteiger partial charge in [0.25, 0.3) is 0 Å². The normalized spacial score (nSPS) is 13.4. The topological polar surface area (TPSA) is 52.7 Å². The molecule has 0 fully saturated rings.